The van der Waals surface area contributed by atoms with Crippen LogP contribution in [0.1, 0.15) is 82.9 Å². The van der Waals surface area contributed by atoms with E-state index in [9.17, 15) is 19.7 Å². The highest BCUT2D eigenvalue weighted by Crippen LogP contribution is 2.43. The van der Waals surface area contributed by atoms with Gasteiger partial charge in [-0.25, -0.2) is 4.79 Å². The van der Waals surface area contributed by atoms with Gasteiger partial charge in [0.1, 0.15) is 5.60 Å². The number of ether oxygens (including phenoxy) is 1. The molecule has 0 aliphatic carbocycles. The van der Waals surface area contributed by atoms with E-state index in [2.05, 4.69) is 65.6 Å². The van der Waals surface area contributed by atoms with Gasteiger partial charge in [-0.05, 0) is 96.6 Å². The highest BCUT2D eigenvalue weighted by Gasteiger charge is 2.39. The van der Waals surface area contributed by atoms with Crippen molar-refractivity contribution in [3.05, 3.63) is 135 Å². The number of nitrogens with zero attached hydrogens (tertiary/aromatic N) is 3. The van der Waals surface area contributed by atoms with Gasteiger partial charge in [0.05, 0.1) is 10.5 Å². The molecule has 2 heterocycles. The SMILES string of the molecule is CC(=O)C1=CN(CCCCN2CCC(c3ccccc3)(c3ccccc3)CC2)C(C)=C(C(=O)OC(C)(C)C)C1c1cccc([N+](=O)[O-])c1.Cl. The van der Waals surface area contributed by atoms with Gasteiger partial charge in [0.2, 0.25) is 0 Å². The van der Waals surface area contributed by atoms with Crippen molar-refractivity contribution in [2.45, 2.75) is 77.2 Å². The predicted molar refractivity (Wildman–Crippen MR) is 196 cm³/mol. The summed E-state index contributed by atoms with van der Waals surface area (Å²) >= 11 is 0. The second-order valence-electron chi connectivity index (χ2n) is 14.0. The van der Waals surface area contributed by atoms with E-state index < -0.39 is 22.4 Å². The van der Waals surface area contributed by atoms with Crippen molar-refractivity contribution in [1.29, 1.82) is 0 Å². The number of unbranched alkanes of at least 4 members (excludes halogenated alkanes) is 1. The summed E-state index contributed by atoms with van der Waals surface area (Å²) in [4.78, 5) is 42.5. The fourth-order valence-corrected chi connectivity index (χ4v) is 7.18. The quantitative estimate of drug-likeness (QED) is 0.0867. The smallest absolute Gasteiger partial charge is 0.337 e. The van der Waals surface area contributed by atoms with Crippen LogP contribution in [0.4, 0.5) is 5.69 Å². The van der Waals surface area contributed by atoms with Crippen LogP contribution >= 0.6 is 12.4 Å². The predicted octanol–water partition coefficient (Wildman–Crippen LogP) is 8.37. The van der Waals surface area contributed by atoms with E-state index in [1.807, 2.05) is 18.0 Å². The average Bonchev–Trinajstić information content (AvgIpc) is 3.07. The first kappa shape index (κ1) is 37.5. The number of carbonyl (C=O) groups excluding carboxylic acids is 2. The van der Waals surface area contributed by atoms with Gasteiger partial charge in [0, 0.05) is 47.5 Å². The third kappa shape index (κ3) is 8.67. The lowest BCUT2D eigenvalue weighted by Gasteiger charge is -2.43. The van der Waals surface area contributed by atoms with E-state index in [1.54, 1.807) is 32.9 Å². The number of rotatable bonds is 11. The number of hydrogen-bond acceptors (Lipinski definition) is 7. The number of non-ortho nitro benzene ring substituents is 1. The lowest BCUT2D eigenvalue weighted by atomic mass is 9.68. The first-order chi connectivity index (χ1) is 22.9. The molecule has 1 fully saturated rings. The molecule has 0 N–H and O–H groups in total. The Kier molecular flexibility index (Phi) is 12.2. The fourth-order valence-electron chi connectivity index (χ4n) is 7.18. The number of Topliss-reactive ketones (excluding diaryl/α,β-unsaturated/α-hetero) is 1. The molecule has 49 heavy (non-hydrogen) atoms. The molecule has 260 valence electrons. The Morgan fingerprint density at radius 3 is 2.00 bits per heavy atom. The lowest BCUT2D eigenvalue weighted by molar-refractivity contribution is -0.384. The molecule has 5 rings (SSSR count). The highest BCUT2D eigenvalue weighted by atomic mass is 35.5. The molecule has 0 spiro atoms. The van der Waals surface area contributed by atoms with Crippen LogP contribution in [0.25, 0.3) is 0 Å². The summed E-state index contributed by atoms with van der Waals surface area (Å²) < 4.78 is 5.84. The second-order valence-corrected chi connectivity index (χ2v) is 14.0. The zero-order valence-corrected chi connectivity index (χ0v) is 30.0. The van der Waals surface area contributed by atoms with Gasteiger partial charge in [-0.2, -0.15) is 0 Å². The van der Waals surface area contributed by atoms with Crippen LogP contribution in [0.5, 0.6) is 0 Å². The number of allylic oxidation sites excluding steroid dienone is 2. The van der Waals surface area contributed by atoms with E-state index in [4.69, 9.17) is 4.74 Å². The molecule has 0 radical (unpaired) electrons. The van der Waals surface area contributed by atoms with Crippen LogP contribution in [-0.2, 0) is 19.7 Å². The number of likely N-dealkylation sites (tertiary alicyclic amines) is 1. The molecule has 8 nitrogen and oxygen atoms in total. The van der Waals surface area contributed by atoms with Crippen molar-refractivity contribution in [3.8, 4) is 0 Å². The lowest BCUT2D eigenvalue weighted by Crippen LogP contribution is -2.43. The molecule has 1 saturated heterocycles. The number of hydrogen-bond donors (Lipinski definition) is 0. The van der Waals surface area contributed by atoms with Crippen LogP contribution in [0.2, 0.25) is 0 Å². The van der Waals surface area contributed by atoms with Gasteiger partial charge in [-0.1, -0.05) is 72.8 Å². The maximum atomic E-state index is 13.7. The largest absolute Gasteiger partial charge is 0.457 e. The third-order valence-corrected chi connectivity index (χ3v) is 9.64. The van der Waals surface area contributed by atoms with Crippen LogP contribution < -0.4 is 0 Å². The van der Waals surface area contributed by atoms with Gasteiger partial charge >= 0.3 is 5.97 Å². The number of ketones is 1. The first-order valence-electron chi connectivity index (χ1n) is 16.9. The summed E-state index contributed by atoms with van der Waals surface area (Å²) in [7, 11) is 0. The average molecular weight is 686 g/mol. The van der Waals surface area contributed by atoms with Crippen molar-refractivity contribution < 1.29 is 19.2 Å². The van der Waals surface area contributed by atoms with Crippen molar-refractivity contribution in [3.63, 3.8) is 0 Å². The number of nitro benzene ring substituents is 1. The minimum atomic E-state index is -0.767. The maximum Gasteiger partial charge on any atom is 0.337 e. The fraction of sp³-hybridized carbons (Fsp3) is 0.400. The first-order valence-corrected chi connectivity index (χ1v) is 16.9. The highest BCUT2D eigenvalue weighted by molar-refractivity contribution is 6.01. The minimum Gasteiger partial charge on any atom is -0.457 e. The van der Waals surface area contributed by atoms with Crippen LogP contribution in [0.15, 0.2) is 108 Å². The molecule has 2 aliphatic heterocycles. The van der Waals surface area contributed by atoms with E-state index in [1.165, 1.54) is 30.2 Å². The summed E-state index contributed by atoms with van der Waals surface area (Å²) in [5, 5.41) is 11.6. The molecule has 3 aromatic carbocycles. The molecule has 3 aromatic rings. The molecule has 1 atom stereocenters. The summed E-state index contributed by atoms with van der Waals surface area (Å²) in [5.74, 6) is -1.49. The van der Waals surface area contributed by atoms with Gasteiger partial charge in [-0.15, -0.1) is 12.4 Å². The number of piperidine rings is 1. The Balaban J connectivity index is 0.00000541. The molecule has 1 unspecified atom stereocenters. The van der Waals surface area contributed by atoms with Gasteiger partial charge < -0.3 is 14.5 Å². The van der Waals surface area contributed by atoms with Crippen LogP contribution in [0, 0.1) is 10.1 Å². The molecular weight excluding hydrogens is 638 g/mol. The van der Waals surface area contributed by atoms with Crippen LogP contribution in [-0.4, -0.2) is 58.3 Å². The Labute approximate surface area is 296 Å². The van der Waals surface area contributed by atoms with Crippen molar-refractivity contribution in [2.75, 3.05) is 26.2 Å². The summed E-state index contributed by atoms with van der Waals surface area (Å²) in [5.41, 5.74) is 3.87. The number of nitro groups is 1. The number of carbonyl (C=O) groups is 2. The van der Waals surface area contributed by atoms with Gasteiger partial charge in [-0.3, -0.25) is 14.9 Å². The van der Waals surface area contributed by atoms with Crippen molar-refractivity contribution in [1.82, 2.24) is 9.80 Å². The van der Waals surface area contributed by atoms with E-state index in [0.717, 1.165) is 45.3 Å². The summed E-state index contributed by atoms with van der Waals surface area (Å²) in [6, 6.07) is 27.9. The molecule has 2 aliphatic rings. The minimum absolute atomic E-state index is 0. The zero-order valence-electron chi connectivity index (χ0n) is 29.2. The van der Waals surface area contributed by atoms with Gasteiger partial charge in [0.25, 0.3) is 5.69 Å². The monoisotopic (exact) mass is 685 g/mol. The molecule has 0 saturated carbocycles. The normalized spacial score (nSPS) is 17.9. The number of benzene rings is 3. The van der Waals surface area contributed by atoms with Gasteiger partial charge in [0.15, 0.2) is 5.78 Å². The zero-order chi connectivity index (χ0) is 34.5. The molecule has 0 bridgehead atoms. The number of halogens is 1. The molecule has 9 heteroatoms. The Morgan fingerprint density at radius 1 is 0.898 bits per heavy atom. The Morgan fingerprint density at radius 2 is 1.47 bits per heavy atom. The molecule has 0 aromatic heterocycles. The molecular formula is C40H48ClN3O5. The standard InChI is InChI=1S/C40H47N3O5.ClH/c1-29-36(38(45)48-39(3,4)5)37(31-15-14-20-34(27-31)43(46)47)35(30(2)44)28-42(29)24-13-12-23-41-25-21-40(22-26-41,32-16-8-6-9-17-32)33-18-10-7-11-19-33;/h6-11,14-20,27-28,37H,12-13,21-26H2,1-5H3;1H. The maximum absolute atomic E-state index is 13.7. The Bertz CT molecular complexity index is 1650. The molecule has 0 amide bonds. The van der Waals surface area contributed by atoms with E-state index in [0.29, 0.717) is 29.0 Å². The van der Waals surface area contributed by atoms with E-state index in [-0.39, 0.29) is 29.3 Å². The van der Waals surface area contributed by atoms with Crippen LogP contribution in [0.3, 0.4) is 0 Å². The van der Waals surface area contributed by atoms with E-state index >= 15 is 0 Å². The topological polar surface area (TPSA) is 93.0 Å². The third-order valence-electron chi connectivity index (χ3n) is 9.64. The summed E-state index contributed by atoms with van der Waals surface area (Å²) in [6.45, 7) is 12.4. The summed E-state index contributed by atoms with van der Waals surface area (Å²) in [6.07, 6.45) is 5.76. The Hall–Kier alpha value is -4.27. The van der Waals surface area contributed by atoms with Crippen molar-refractivity contribution in [2.24, 2.45) is 0 Å². The van der Waals surface area contributed by atoms with Crippen molar-refractivity contribution >= 4 is 29.8 Å². The second kappa shape index (κ2) is 16.0. The number of esters is 1.